The van der Waals surface area contributed by atoms with Crippen LogP contribution in [0.4, 0.5) is 0 Å². The van der Waals surface area contributed by atoms with Crippen LogP contribution in [0.2, 0.25) is 0 Å². The predicted molar refractivity (Wildman–Crippen MR) is 139 cm³/mol. The Morgan fingerprint density at radius 3 is 2.29 bits per heavy atom. The topological polar surface area (TPSA) is 76.7 Å². The maximum absolute atomic E-state index is 12.5. The van der Waals surface area contributed by atoms with E-state index in [2.05, 4.69) is 26.0 Å². The molecule has 0 saturated heterocycles. The zero-order chi connectivity index (χ0) is 25.3. The summed E-state index contributed by atoms with van der Waals surface area (Å²) in [5, 5.41) is 15.1. The molecule has 0 amide bonds. The average Bonchev–Trinajstić information content (AvgIpc) is 3.25. The molecule has 0 bridgehead atoms. The van der Waals surface area contributed by atoms with Crippen LogP contribution in [0.25, 0.3) is 28.2 Å². The third kappa shape index (κ3) is 5.13. The number of carboxylic acids is 1. The van der Waals surface area contributed by atoms with Crippen molar-refractivity contribution in [2.75, 3.05) is 0 Å². The van der Waals surface area contributed by atoms with E-state index in [1.165, 1.54) is 5.56 Å². The highest BCUT2D eigenvalue weighted by Gasteiger charge is 2.33. The Morgan fingerprint density at radius 1 is 1.06 bits per heavy atom. The maximum atomic E-state index is 12.5. The minimum Gasteiger partial charge on any atom is -0.479 e. The van der Waals surface area contributed by atoms with E-state index >= 15 is 0 Å². The highest BCUT2D eigenvalue weighted by molar-refractivity contribution is 5.81. The number of carboxylic acid groups (broad SMARTS) is 1. The standard InChI is InChI=1S/C29H33N3O3/c1-7-18(2)20-13-15-22(16-14-20)26-25(27(28(33)34)35-29(4,5)6)19(3)30-24-17-23(31-32(24)26)21-11-9-8-10-12-21/h8-18,27H,7H2,1-6H3,(H,33,34). The monoisotopic (exact) mass is 471 g/mol. The fourth-order valence-corrected chi connectivity index (χ4v) is 4.27. The van der Waals surface area contributed by atoms with E-state index in [0.717, 1.165) is 23.2 Å². The third-order valence-corrected chi connectivity index (χ3v) is 6.22. The quantitative estimate of drug-likeness (QED) is 0.320. The van der Waals surface area contributed by atoms with Crippen LogP contribution in [0.3, 0.4) is 0 Å². The summed E-state index contributed by atoms with van der Waals surface area (Å²) in [6, 6.07) is 20.1. The van der Waals surface area contributed by atoms with Gasteiger partial charge in [0.25, 0.3) is 0 Å². The molecule has 2 unspecified atom stereocenters. The van der Waals surface area contributed by atoms with E-state index in [0.29, 0.717) is 28.5 Å². The molecule has 0 aliphatic carbocycles. The maximum Gasteiger partial charge on any atom is 0.337 e. The van der Waals surface area contributed by atoms with Gasteiger partial charge in [-0.2, -0.15) is 5.10 Å². The zero-order valence-electron chi connectivity index (χ0n) is 21.2. The predicted octanol–water partition coefficient (Wildman–Crippen LogP) is 6.83. The van der Waals surface area contributed by atoms with Crippen molar-refractivity contribution in [2.24, 2.45) is 0 Å². The van der Waals surface area contributed by atoms with Crippen molar-refractivity contribution in [1.82, 2.24) is 14.6 Å². The smallest absolute Gasteiger partial charge is 0.337 e. The van der Waals surface area contributed by atoms with Crippen molar-refractivity contribution in [1.29, 1.82) is 0 Å². The third-order valence-electron chi connectivity index (χ3n) is 6.22. The van der Waals surface area contributed by atoms with Gasteiger partial charge in [0.1, 0.15) is 0 Å². The van der Waals surface area contributed by atoms with Crippen LogP contribution < -0.4 is 0 Å². The van der Waals surface area contributed by atoms with Gasteiger partial charge in [0.2, 0.25) is 0 Å². The van der Waals surface area contributed by atoms with Gasteiger partial charge in [0.05, 0.1) is 17.0 Å². The molecule has 0 radical (unpaired) electrons. The summed E-state index contributed by atoms with van der Waals surface area (Å²) in [4.78, 5) is 17.2. The Balaban J connectivity index is 2.00. The average molecular weight is 472 g/mol. The molecule has 1 N–H and O–H groups in total. The number of ether oxygens (including phenoxy) is 1. The number of carbonyl (C=O) groups is 1. The second-order valence-electron chi connectivity index (χ2n) is 10.0. The number of fused-ring (bicyclic) bond motifs is 1. The van der Waals surface area contributed by atoms with Crippen LogP contribution in [0.1, 0.15) is 69.9 Å². The minimum absolute atomic E-state index is 0.438. The summed E-state index contributed by atoms with van der Waals surface area (Å²) in [5.74, 6) is -0.620. The number of rotatable bonds is 7. The lowest BCUT2D eigenvalue weighted by molar-refractivity contribution is -0.160. The van der Waals surface area contributed by atoms with Crippen molar-refractivity contribution in [3.63, 3.8) is 0 Å². The van der Waals surface area contributed by atoms with Crippen molar-refractivity contribution in [3.8, 4) is 22.5 Å². The highest BCUT2D eigenvalue weighted by Crippen LogP contribution is 2.36. The lowest BCUT2D eigenvalue weighted by Crippen LogP contribution is -2.29. The van der Waals surface area contributed by atoms with Gasteiger partial charge in [-0.15, -0.1) is 0 Å². The largest absolute Gasteiger partial charge is 0.479 e. The Labute approximate surface area is 206 Å². The number of benzene rings is 2. The van der Waals surface area contributed by atoms with Gasteiger partial charge >= 0.3 is 5.97 Å². The Hall–Kier alpha value is -3.51. The van der Waals surface area contributed by atoms with Gasteiger partial charge in [-0.25, -0.2) is 14.3 Å². The molecular weight excluding hydrogens is 438 g/mol. The van der Waals surface area contributed by atoms with Gasteiger partial charge in [-0.05, 0) is 45.6 Å². The van der Waals surface area contributed by atoms with Crippen LogP contribution in [-0.2, 0) is 9.53 Å². The summed E-state index contributed by atoms with van der Waals surface area (Å²) < 4.78 is 7.82. The fourth-order valence-electron chi connectivity index (χ4n) is 4.27. The highest BCUT2D eigenvalue weighted by atomic mass is 16.5. The Morgan fingerprint density at radius 2 is 1.71 bits per heavy atom. The normalized spacial score (nSPS) is 13.7. The SMILES string of the molecule is CCC(C)c1ccc(-c2c(C(OC(C)(C)C)C(=O)O)c(C)nc3cc(-c4ccccc4)nn23)cc1. The number of aryl methyl sites for hydroxylation is 1. The number of hydrogen-bond donors (Lipinski definition) is 1. The van der Waals surface area contributed by atoms with Gasteiger partial charge < -0.3 is 9.84 Å². The van der Waals surface area contributed by atoms with Gasteiger partial charge in [0.15, 0.2) is 11.8 Å². The molecule has 182 valence electrons. The fraction of sp³-hybridized carbons (Fsp3) is 0.345. The van der Waals surface area contributed by atoms with Crippen molar-refractivity contribution in [2.45, 2.75) is 65.6 Å². The number of hydrogen-bond acceptors (Lipinski definition) is 4. The van der Waals surface area contributed by atoms with E-state index in [9.17, 15) is 9.90 Å². The lowest BCUT2D eigenvalue weighted by Gasteiger charge is -2.27. The van der Waals surface area contributed by atoms with E-state index < -0.39 is 17.7 Å². The second kappa shape index (κ2) is 9.62. The molecule has 0 saturated carbocycles. The Kier molecular flexibility index (Phi) is 6.77. The molecule has 0 fully saturated rings. The summed E-state index contributed by atoms with van der Waals surface area (Å²) in [5.41, 5.74) is 5.65. The van der Waals surface area contributed by atoms with Crippen molar-refractivity contribution >= 4 is 11.6 Å². The van der Waals surface area contributed by atoms with E-state index in [4.69, 9.17) is 14.8 Å². The molecular formula is C29H33N3O3. The molecule has 2 aromatic carbocycles. The van der Waals surface area contributed by atoms with Crippen LogP contribution in [-0.4, -0.2) is 31.3 Å². The van der Waals surface area contributed by atoms with Gasteiger partial charge in [0, 0.05) is 28.5 Å². The summed E-state index contributed by atoms with van der Waals surface area (Å²) in [6.45, 7) is 11.8. The first-order valence-electron chi connectivity index (χ1n) is 12.1. The number of aliphatic carboxylic acids is 1. The van der Waals surface area contributed by atoms with Crippen LogP contribution in [0.15, 0.2) is 60.7 Å². The number of nitrogens with zero attached hydrogens (tertiary/aromatic N) is 3. The molecule has 0 aliphatic rings. The first kappa shape index (κ1) is 24.6. The molecule has 4 aromatic rings. The first-order chi connectivity index (χ1) is 16.6. The lowest BCUT2D eigenvalue weighted by atomic mass is 9.94. The zero-order valence-corrected chi connectivity index (χ0v) is 21.2. The van der Waals surface area contributed by atoms with Crippen LogP contribution >= 0.6 is 0 Å². The second-order valence-corrected chi connectivity index (χ2v) is 10.0. The molecule has 6 heteroatoms. The molecule has 4 rings (SSSR count). The number of aromatic nitrogens is 3. The van der Waals surface area contributed by atoms with Crippen LogP contribution in [0, 0.1) is 6.92 Å². The first-order valence-corrected chi connectivity index (χ1v) is 12.1. The summed E-state index contributed by atoms with van der Waals surface area (Å²) in [7, 11) is 0. The van der Waals surface area contributed by atoms with E-state index in [1.807, 2.05) is 76.2 Å². The molecule has 0 aliphatic heterocycles. The Bertz CT molecular complexity index is 1340. The molecule has 6 nitrogen and oxygen atoms in total. The summed E-state index contributed by atoms with van der Waals surface area (Å²) in [6.07, 6.45) is -0.149. The van der Waals surface area contributed by atoms with E-state index in [-0.39, 0.29) is 0 Å². The molecule has 2 heterocycles. The van der Waals surface area contributed by atoms with Gasteiger partial charge in [-0.1, -0.05) is 68.4 Å². The summed E-state index contributed by atoms with van der Waals surface area (Å²) >= 11 is 0. The minimum atomic E-state index is -1.19. The molecule has 2 atom stereocenters. The van der Waals surface area contributed by atoms with Crippen molar-refractivity contribution < 1.29 is 14.6 Å². The van der Waals surface area contributed by atoms with Crippen molar-refractivity contribution in [3.05, 3.63) is 77.5 Å². The molecule has 2 aromatic heterocycles. The molecule has 0 spiro atoms. The van der Waals surface area contributed by atoms with E-state index in [1.54, 1.807) is 4.52 Å². The van der Waals surface area contributed by atoms with Gasteiger partial charge in [-0.3, -0.25) is 0 Å². The molecule has 35 heavy (non-hydrogen) atoms. The van der Waals surface area contributed by atoms with Crippen LogP contribution in [0.5, 0.6) is 0 Å².